The van der Waals surface area contributed by atoms with Gasteiger partial charge in [0.05, 0.1) is 5.69 Å². The highest BCUT2D eigenvalue weighted by Crippen LogP contribution is 2.46. The first-order valence-corrected chi connectivity index (χ1v) is 21.6. The molecule has 2 nitrogen and oxygen atoms in total. The van der Waals surface area contributed by atoms with Crippen molar-refractivity contribution in [2.75, 3.05) is 4.90 Å². The van der Waals surface area contributed by atoms with Gasteiger partial charge in [0.15, 0.2) is 0 Å². The molecule has 12 rings (SSSR count). The van der Waals surface area contributed by atoms with Crippen molar-refractivity contribution in [1.29, 1.82) is 0 Å². The summed E-state index contributed by atoms with van der Waals surface area (Å²) >= 11 is 0. The quantitative estimate of drug-likeness (QED) is 0.160. The van der Waals surface area contributed by atoms with Gasteiger partial charge < -0.3 is 9.32 Å². The zero-order chi connectivity index (χ0) is 41.0. The zero-order valence-corrected chi connectivity index (χ0v) is 34.1. The summed E-state index contributed by atoms with van der Waals surface area (Å²) in [7, 11) is 0. The first kappa shape index (κ1) is 36.0. The lowest BCUT2D eigenvalue weighted by molar-refractivity contribution is 0.669. The second-order valence-electron chi connectivity index (χ2n) is 16.3. The van der Waals surface area contributed by atoms with E-state index in [4.69, 9.17) is 4.42 Å². The molecule has 0 aliphatic heterocycles. The van der Waals surface area contributed by atoms with Gasteiger partial charge in [0.1, 0.15) is 11.2 Å². The molecule has 0 radical (unpaired) electrons. The molecule has 0 bridgehead atoms. The van der Waals surface area contributed by atoms with Crippen molar-refractivity contribution in [3.05, 3.63) is 230 Å². The molecule has 10 aromatic carbocycles. The van der Waals surface area contributed by atoms with Crippen LogP contribution in [-0.2, 0) is 6.42 Å². The lowest BCUT2D eigenvalue weighted by atomic mass is 9.85. The minimum Gasteiger partial charge on any atom is -0.456 e. The fraction of sp³-hybridized carbons (Fsp3) is 0.0333. The molecule has 1 heterocycles. The van der Waals surface area contributed by atoms with E-state index < -0.39 is 0 Å². The van der Waals surface area contributed by atoms with Crippen molar-refractivity contribution >= 4 is 66.6 Å². The summed E-state index contributed by atoms with van der Waals surface area (Å²) in [6.07, 6.45) is 6.75. The van der Waals surface area contributed by atoms with Crippen LogP contribution in [0, 0.1) is 0 Å². The van der Waals surface area contributed by atoms with Gasteiger partial charge >= 0.3 is 0 Å². The summed E-state index contributed by atoms with van der Waals surface area (Å²) in [5.74, 6) is 0. The number of nitrogens with zero attached hydrogens (tertiary/aromatic N) is 1. The lowest BCUT2D eigenvalue weighted by Gasteiger charge is -2.29. The Hall–Kier alpha value is -7.94. The maximum atomic E-state index is 6.33. The topological polar surface area (TPSA) is 16.4 Å². The monoisotopic (exact) mass is 791 g/mol. The molecule has 0 atom stereocenters. The van der Waals surface area contributed by atoms with Crippen molar-refractivity contribution in [2.45, 2.75) is 12.8 Å². The van der Waals surface area contributed by atoms with Crippen LogP contribution in [0.25, 0.3) is 94.1 Å². The molecular formula is C60H41NO. The summed E-state index contributed by atoms with van der Waals surface area (Å²) in [5, 5.41) is 7.28. The van der Waals surface area contributed by atoms with Crippen molar-refractivity contribution in [1.82, 2.24) is 0 Å². The van der Waals surface area contributed by atoms with Gasteiger partial charge in [-0.2, -0.15) is 0 Å². The van der Waals surface area contributed by atoms with Crippen LogP contribution in [0.5, 0.6) is 0 Å². The molecule has 0 spiro atoms. The fourth-order valence-corrected chi connectivity index (χ4v) is 9.80. The Morgan fingerprint density at radius 3 is 1.89 bits per heavy atom. The molecule has 0 unspecified atom stereocenters. The number of anilines is 3. The number of rotatable bonds is 7. The van der Waals surface area contributed by atoms with E-state index >= 15 is 0 Å². The van der Waals surface area contributed by atoms with E-state index in [-0.39, 0.29) is 0 Å². The van der Waals surface area contributed by atoms with E-state index in [0.29, 0.717) is 0 Å². The van der Waals surface area contributed by atoms with Crippen molar-refractivity contribution < 1.29 is 4.42 Å². The molecule has 1 aliphatic rings. The third-order valence-corrected chi connectivity index (χ3v) is 12.7. The first-order valence-electron chi connectivity index (χ1n) is 21.6. The number of hydrogen-bond acceptors (Lipinski definition) is 2. The Labute approximate surface area is 361 Å². The first-order chi connectivity index (χ1) is 30.7. The molecule has 292 valence electrons. The van der Waals surface area contributed by atoms with Crippen LogP contribution in [0.4, 0.5) is 17.1 Å². The number of para-hydroxylation sites is 2. The molecule has 0 fully saturated rings. The summed E-state index contributed by atoms with van der Waals surface area (Å²) < 4.78 is 6.33. The Kier molecular flexibility index (Phi) is 8.67. The Morgan fingerprint density at radius 2 is 1.05 bits per heavy atom. The van der Waals surface area contributed by atoms with E-state index in [9.17, 15) is 0 Å². The van der Waals surface area contributed by atoms with Crippen LogP contribution in [0.2, 0.25) is 0 Å². The van der Waals surface area contributed by atoms with Crippen molar-refractivity contribution in [3.8, 4) is 44.5 Å². The van der Waals surface area contributed by atoms with E-state index in [0.717, 1.165) is 63.0 Å². The average molecular weight is 792 g/mol. The summed E-state index contributed by atoms with van der Waals surface area (Å²) in [6.45, 7) is 0. The molecule has 62 heavy (non-hydrogen) atoms. The van der Waals surface area contributed by atoms with E-state index in [1.165, 1.54) is 66.1 Å². The molecule has 0 saturated heterocycles. The molecule has 1 aromatic heterocycles. The number of hydrogen-bond donors (Lipinski definition) is 0. The minimum absolute atomic E-state index is 0.908. The number of furan rings is 1. The minimum atomic E-state index is 0.908. The standard InChI is InChI=1S/C60H41NO/c1-3-15-40(16-4-1)50-21-11-13-25-57(50)61(46-32-29-42(30-33-46)54-37-44-19-7-8-20-48(44)51-22-9-10-23-52(51)54)47-34-35-49(55(39-47)41-17-5-2-6-18-41)45-28-27-43-31-36-59-60(56(43)38-45)53-24-12-14-26-58(53)62-59/h1-9,11-22,24-39H,10,23H2. The molecule has 11 aromatic rings. The van der Waals surface area contributed by atoms with Crippen LogP contribution in [0.1, 0.15) is 17.5 Å². The van der Waals surface area contributed by atoms with Crippen LogP contribution in [0.3, 0.4) is 0 Å². The number of fused-ring (bicyclic) bond motifs is 8. The van der Waals surface area contributed by atoms with Crippen LogP contribution >= 0.6 is 0 Å². The van der Waals surface area contributed by atoms with Crippen molar-refractivity contribution in [2.24, 2.45) is 0 Å². The van der Waals surface area contributed by atoms with Crippen LogP contribution < -0.4 is 4.90 Å². The molecule has 0 N–H and O–H groups in total. The van der Waals surface area contributed by atoms with Gasteiger partial charge in [0, 0.05) is 27.7 Å². The second-order valence-corrected chi connectivity index (χ2v) is 16.3. The SMILES string of the molecule is C1=Cc2c(c(-c3ccc(N(c4ccc(-c5ccc6ccc7oc8ccccc8c7c6c5)c(-c5ccccc5)c4)c4ccccc4-c4ccccc4)cc3)cc3ccccc23)CC1. The van der Waals surface area contributed by atoms with Crippen LogP contribution in [-0.4, -0.2) is 0 Å². The van der Waals surface area contributed by atoms with Gasteiger partial charge in [-0.1, -0.05) is 170 Å². The lowest BCUT2D eigenvalue weighted by Crippen LogP contribution is -2.11. The Morgan fingerprint density at radius 1 is 0.387 bits per heavy atom. The van der Waals surface area contributed by atoms with E-state index in [1.54, 1.807) is 0 Å². The molecule has 0 saturated carbocycles. The normalized spacial score (nSPS) is 12.3. The van der Waals surface area contributed by atoms with Gasteiger partial charge in [-0.15, -0.1) is 0 Å². The maximum absolute atomic E-state index is 6.33. The highest BCUT2D eigenvalue weighted by atomic mass is 16.3. The number of allylic oxidation sites excluding steroid dienone is 1. The smallest absolute Gasteiger partial charge is 0.136 e. The largest absolute Gasteiger partial charge is 0.456 e. The molecule has 0 amide bonds. The third kappa shape index (κ3) is 6.11. The maximum Gasteiger partial charge on any atom is 0.136 e. The van der Waals surface area contributed by atoms with Gasteiger partial charge in [0.2, 0.25) is 0 Å². The molecular weight excluding hydrogens is 751 g/mol. The summed E-state index contributed by atoms with van der Waals surface area (Å²) in [4.78, 5) is 2.43. The van der Waals surface area contributed by atoms with Gasteiger partial charge in [-0.3, -0.25) is 0 Å². The Balaban J connectivity index is 1.05. The molecule has 2 heteroatoms. The van der Waals surface area contributed by atoms with E-state index in [1.807, 2.05) is 6.07 Å². The van der Waals surface area contributed by atoms with E-state index in [2.05, 4.69) is 223 Å². The van der Waals surface area contributed by atoms with Crippen LogP contribution in [0.15, 0.2) is 223 Å². The molecule has 1 aliphatic carbocycles. The summed E-state index contributed by atoms with van der Waals surface area (Å²) in [5.41, 5.74) is 17.5. The highest BCUT2D eigenvalue weighted by Gasteiger charge is 2.21. The Bertz CT molecular complexity index is 3510. The fourth-order valence-electron chi connectivity index (χ4n) is 9.80. The van der Waals surface area contributed by atoms with Gasteiger partial charge in [-0.05, 0) is 139 Å². The summed E-state index contributed by atoms with van der Waals surface area (Å²) in [6, 6.07) is 77.2. The second kappa shape index (κ2) is 15.0. The zero-order valence-electron chi connectivity index (χ0n) is 34.1. The van der Waals surface area contributed by atoms with Gasteiger partial charge in [-0.25, -0.2) is 0 Å². The van der Waals surface area contributed by atoms with Crippen molar-refractivity contribution in [3.63, 3.8) is 0 Å². The average Bonchev–Trinajstić information content (AvgIpc) is 3.74. The number of benzene rings is 10. The van der Waals surface area contributed by atoms with Gasteiger partial charge in [0.25, 0.3) is 0 Å². The predicted molar refractivity (Wildman–Crippen MR) is 263 cm³/mol. The third-order valence-electron chi connectivity index (χ3n) is 12.7. The predicted octanol–water partition coefficient (Wildman–Crippen LogP) is 17.0. The highest BCUT2D eigenvalue weighted by molar-refractivity contribution is 6.19.